The van der Waals surface area contributed by atoms with E-state index in [1.165, 1.54) is 0 Å². The zero-order valence-corrected chi connectivity index (χ0v) is 13.8. The lowest BCUT2D eigenvalue weighted by Gasteiger charge is -2.30. The first-order chi connectivity index (χ1) is 10.1. The molecule has 1 aliphatic rings. The van der Waals surface area contributed by atoms with Crippen LogP contribution in [-0.2, 0) is 9.59 Å². The monoisotopic (exact) mass is 402 g/mol. The number of hydrogen-bond donors (Lipinski definition) is 3. The molecule has 0 spiro atoms. The fourth-order valence-electron chi connectivity index (χ4n) is 2.59. The molecule has 2 atom stereocenters. The smallest absolute Gasteiger partial charge is 0.313 e. The fraction of sp³-hybridized carbons (Fsp3) is 0.467. The predicted molar refractivity (Wildman–Crippen MR) is 88.8 cm³/mol. The van der Waals surface area contributed by atoms with Gasteiger partial charge in [0.05, 0.1) is 5.69 Å². The molecule has 5 nitrogen and oxygen atoms in total. The van der Waals surface area contributed by atoms with Gasteiger partial charge >= 0.3 is 11.8 Å². The Hall–Kier alpha value is -1.15. The Morgan fingerprint density at radius 1 is 1.19 bits per heavy atom. The molecule has 21 heavy (non-hydrogen) atoms. The second-order valence-corrected chi connectivity index (χ2v) is 6.40. The topological polar surface area (TPSA) is 78.4 Å². The minimum atomic E-state index is -0.665. The van der Waals surface area contributed by atoms with Gasteiger partial charge in [0.1, 0.15) is 0 Å². The fourth-order valence-corrected chi connectivity index (χ4v) is 3.11. The SMILES string of the molecule is O=C(Nc1ccccc1I)C(=O)N[C@@H]1CCCC[C@@H]1CO. The number of benzene rings is 1. The Kier molecular flexibility index (Phi) is 5.98. The van der Waals surface area contributed by atoms with Crippen LogP contribution < -0.4 is 10.6 Å². The number of amides is 2. The highest BCUT2D eigenvalue weighted by molar-refractivity contribution is 14.1. The largest absolute Gasteiger partial charge is 0.396 e. The average molecular weight is 402 g/mol. The van der Waals surface area contributed by atoms with Gasteiger partial charge in [0, 0.05) is 22.1 Å². The van der Waals surface area contributed by atoms with Crippen LogP contribution in [0, 0.1) is 9.49 Å². The van der Waals surface area contributed by atoms with Crippen LogP contribution in [0.4, 0.5) is 5.69 Å². The highest BCUT2D eigenvalue weighted by Gasteiger charge is 2.27. The van der Waals surface area contributed by atoms with E-state index in [1.807, 2.05) is 12.1 Å². The molecule has 114 valence electrons. The minimum absolute atomic E-state index is 0.0448. The summed E-state index contributed by atoms with van der Waals surface area (Å²) in [5, 5.41) is 14.7. The van der Waals surface area contributed by atoms with Crippen LogP contribution >= 0.6 is 22.6 Å². The van der Waals surface area contributed by atoms with Crippen molar-refractivity contribution < 1.29 is 14.7 Å². The lowest BCUT2D eigenvalue weighted by molar-refractivity contribution is -0.137. The molecule has 2 amide bonds. The molecule has 0 aromatic heterocycles. The molecule has 3 N–H and O–H groups in total. The summed E-state index contributed by atoms with van der Waals surface area (Å²) in [6.45, 7) is 0.0448. The zero-order valence-electron chi connectivity index (χ0n) is 11.6. The second-order valence-electron chi connectivity index (χ2n) is 5.24. The third kappa shape index (κ3) is 4.41. The quantitative estimate of drug-likeness (QED) is 0.534. The number of anilines is 1. The first-order valence-electron chi connectivity index (χ1n) is 7.09. The molecule has 0 radical (unpaired) electrons. The molecule has 2 rings (SSSR count). The maximum Gasteiger partial charge on any atom is 0.313 e. The van der Waals surface area contributed by atoms with Gasteiger partial charge in [-0.15, -0.1) is 0 Å². The van der Waals surface area contributed by atoms with Crippen molar-refractivity contribution in [3.05, 3.63) is 27.8 Å². The Labute approximate surface area is 137 Å². The van der Waals surface area contributed by atoms with Crippen molar-refractivity contribution in [3.8, 4) is 0 Å². The van der Waals surface area contributed by atoms with Crippen LogP contribution in [0.25, 0.3) is 0 Å². The third-order valence-electron chi connectivity index (χ3n) is 3.79. The summed E-state index contributed by atoms with van der Waals surface area (Å²) in [5.41, 5.74) is 0.626. The highest BCUT2D eigenvalue weighted by atomic mass is 127. The van der Waals surface area contributed by atoms with Crippen LogP contribution in [0.1, 0.15) is 25.7 Å². The van der Waals surface area contributed by atoms with Crippen LogP contribution in [0.3, 0.4) is 0 Å². The zero-order chi connectivity index (χ0) is 15.2. The Balaban J connectivity index is 1.93. The number of halogens is 1. The highest BCUT2D eigenvalue weighted by Crippen LogP contribution is 2.24. The number of nitrogens with one attached hydrogen (secondary N) is 2. The summed E-state index contributed by atoms with van der Waals surface area (Å²) in [5.74, 6) is -1.26. The molecule has 6 heteroatoms. The van der Waals surface area contributed by atoms with Crippen LogP contribution in [0.5, 0.6) is 0 Å². The van der Waals surface area contributed by atoms with Crippen LogP contribution in [-0.4, -0.2) is 29.6 Å². The van der Waals surface area contributed by atoms with Gasteiger partial charge in [-0.2, -0.15) is 0 Å². The molecule has 1 aliphatic carbocycles. The van der Waals surface area contributed by atoms with Crippen LogP contribution in [0.15, 0.2) is 24.3 Å². The number of rotatable bonds is 3. The van der Waals surface area contributed by atoms with Gasteiger partial charge in [0.2, 0.25) is 0 Å². The second kappa shape index (κ2) is 7.74. The van der Waals surface area contributed by atoms with Crippen molar-refractivity contribution in [2.45, 2.75) is 31.7 Å². The summed E-state index contributed by atoms with van der Waals surface area (Å²) in [6, 6.07) is 7.17. The van der Waals surface area contributed by atoms with Gasteiger partial charge in [-0.05, 0) is 47.6 Å². The van der Waals surface area contributed by atoms with Gasteiger partial charge < -0.3 is 15.7 Å². The maximum absolute atomic E-state index is 12.0. The predicted octanol–water partition coefficient (Wildman–Crippen LogP) is 1.90. The van der Waals surface area contributed by atoms with E-state index in [-0.39, 0.29) is 18.6 Å². The number of aliphatic hydroxyl groups is 1. The first-order valence-corrected chi connectivity index (χ1v) is 8.17. The summed E-state index contributed by atoms with van der Waals surface area (Å²) in [7, 11) is 0. The Bertz CT molecular complexity index is 521. The van der Waals surface area contributed by atoms with Crippen molar-refractivity contribution in [1.82, 2.24) is 5.32 Å². The first kappa shape index (κ1) is 16.2. The van der Waals surface area contributed by atoms with Gasteiger partial charge in [0.15, 0.2) is 0 Å². The lowest BCUT2D eigenvalue weighted by atomic mass is 9.85. The molecule has 0 aliphatic heterocycles. The van der Waals surface area contributed by atoms with Crippen molar-refractivity contribution in [3.63, 3.8) is 0 Å². The number of carbonyl (C=O) groups is 2. The maximum atomic E-state index is 12.0. The number of aliphatic hydroxyl groups excluding tert-OH is 1. The van der Waals surface area contributed by atoms with E-state index >= 15 is 0 Å². The summed E-state index contributed by atoms with van der Waals surface area (Å²) >= 11 is 2.10. The summed E-state index contributed by atoms with van der Waals surface area (Å²) < 4.78 is 0.877. The summed E-state index contributed by atoms with van der Waals surface area (Å²) in [6.07, 6.45) is 3.78. The molecule has 0 saturated heterocycles. The van der Waals surface area contributed by atoms with Crippen molar-refractivity contribution in [2.75, 3.05) is 11.9 Å². The lowest BCUT2D eigenvalue weighted by Crippen LogP contribution is -2.47. The van der Waals surface area contributed by atoms with E-state index in [0.717, 1.165) is 29.3 Å². The van der Waals surface area contributed by atoms with E-state index in [4.69, 9.17) is 0 Å². The molecule has 0 bridgehead atoms. The van der Waals surface area contributed by atoms with Gasteiger partial charge in [0.25, 0.3) is 0 Å². The van der Waals surface area contributed by atoms with E-state index in [9.17, 15) is 14.7 Å². The van der Waals surface area contributed by atoms with Crippen molar-refractivity contribution in [2.24, 2.45) is 5.92 Å². The molecular formula is C15H19IN2O3. The normalized spacial score (nSPS) is 21.6. The standard InChI is InChI=1S/C15H19IN2O3/c16-11-6-2-4-8-13(11)18-15(21)14(20)17-12-7-3-1-5-10(12)9-19/h2,4,6,8,10,12,19H,1,3,5,7,9H2,(H,17,20)(H,18,21)/t10-,12-/m1/s1. The average Bonchev–Trinajstić information content (AvgIpc) is 2.50. The molecule has 0 heterocycles. The molecule has 1 aromatic rings. The molecule has 1 aromatic carbocycles. The van der Waals surface area contributed by atoms with Gasteiger partial charge in [-0.3, -0.25) is 9.59 Å². The molecule has 1 saturated carbocycles. The number of para-hydroxylation sites is 1. The minimum Gasteiger partial charge on any atom is -0.396 e. The number of carbonyl (C=O) groups excluding carboxylic acids is 2. The third-order valence-corrected chi connectivity index (χ3v) is 4.73. The number of hydrogen-bond acceptors (Lipinski definition) is 3. The molecule has 1 fully saturated rings. The van der Waals surface area contributed by atoms with Crippen molar-refractivity contribution in [1.29, 1.82) is 0 Å². The van der Waals surface area contributed by atoms with E-state index in [0.29, 0.717) is 5.69 Å². The van der Waals surface area contributed by atoms with E-state index in [2.05, 4.69) is 33.2 Å². The van der Waals surface area contributed by atoms with E-state index < -0.39 is 11.8 Å². The summed E-state index contributed by atoms with van der Waals surface area (Å²) in [4.78, 5) is 23.9. The van der Waals surface area contributed by atoms with Crippen molar-refractivity contribution >= 4 is 40.1 Å². The Morgan fingerprint density at radius 3 is 2.62 bits per heavy atom. The molecular weight excluding hydrogens is 383 g/mol. The van der Waals surface area contributed by atoms with Gasteiger partial charge in [-0.1, -0.05) is 25.0 Å². The van der Waals surface area contributed by atoms with Gasteiger partial charge in [-0.25, -0.2) is 0 Å². The Morgan fingerprint density at radius 2 is 1.90 bits per heavy atom. The van der Waals surface area contributed by atoms with E-state index in [1.54, 1.807) is 12.1 Å². The van der Waals surface area contributed by atoms with Crippen LogP contribution in [0.2, 0.25) is 0 Å². The molecule has 0 unspecified atom stereocenters.